The van der Waals surface area contributed by atoms with Gasteiger partial charge in [0.25, 0.3) is 0 Å². The van der Waals surface area contributed by atoms with Gasteiger partial charge in [0.2, 0.25) is 5.95 Å². The molecule has 1 aliphatic heterocycles. The SMILES string of the molecule is CC1(C)CC(Nc2ncc(-c3ccc(-c4cn5ccncc5n4)cc3O)nn2)CC(C)(C)N1. The van der Waals surface area contributed by atoms with E-state index in [9.17, 15) is 5.11 Å². The molecule has 170 valence electrons. The number of hydrogen-bond acceptors (Lipinski definition) is 8. The first-order chi connectivity index (χ1) is 15.7. The van der Waals surface area contributed by atoms with E-state index in [0.29, 0.717) is 17.2 Å². The highest BCUT2D eigenvalue weighted by molar-refractivity contribution is 5.73. The fourth-order valence-electron chi connectivity index (χ4n) is 4.96. The van der Waals surface area contributed by atoms with Crippen LogP contribution in [0.3, 0.4) is 0 Å². The van der Waals surface area contributed by atoms with Gasteiger partial charge in [0.1, 0.15) is 11.4 Å². The van der Waals surface area contributed by atoms with Crippen molar-refractivity contribution in [3.8, 4) is 28.3 Å². The number of phenols is 1. The first kappa shape index (κ1) is 21.3. The lowest BCUT2D eigenvalue weighted by atomic mass is 9.80. The molecule has 4 heterocycles. The number of fused-ring (bicyclic) bond motifs is 1. The van der Waals surface area contributed by atoms with Gasteiger partial charge < -0.3 is 20.1 Å². The number of phenolic OH excluding ortho intramolecular Hbond substituents is 1. The van der Waals surface area contributed by atoms with Crippen LogP contribution in [0.5, 0.6) is 5.75 Å². The molecular weight excluding hydrogens is 416 g/mol. The number of nitrogens with zero attached hydrogens (tertiary/aromatic N) is 6. The molecule has 1 fully saturated rings. The van der Waals surface area contributed by atoms with Crippen molar-refractivity contribution >= 4 is 11.6 Å². The number of nitrogens with one attached hydrogen (secondary N) is 2. The molecule has 5 rings (SSSR count). The van der Waals surface area contributed by atoms with Crippen molar-refractivity contribution in [2.45, 2.75) is 57.7 Å². The van der Waals surface area contributed by atoms with Crippen LogP contribution in [0.4, 0.5) is 5.95 Å². The quantitative estimate of drug-likeness (QED) is 0.437. The van der Waals surface area contributed by atoms with Gasteiger partial charge in [-0.1, -0.05) is 6.07 Å². The van der Waals surface area contributed by atoms with Gasteiger partial charge >= 0.3 is 0 Å². The van der Waals surface area contributed by atoms with Crippen LogP contribution in [0.1, 0.15) is 40.5 Å². The molecule has 0 bridgehead atoms. The Morgan fingerprint density at radius 3 is 2.52 bits per heavy atom. The molecule has 1 saturated heterocycles. The largest absolute Gasteiger partial charge is 0.507 e. The molecule has 0 amide bonds. The molecule has 1 aromatic carbocycles. The third kappa shape index (κ3) is 4.49. The molecule has 9 heteroatoms. The van der Waals surface area contributed by atoms with E-state index in [4.69, 9.17) is 0 Å². The van der Waals surface area contributed by atoms with E-state index in [1.54, 1.807) is 24.7 Å². The van der Waals surface area contributed by atoms with Crippen molar-refractivity contribution in [2.75, 3.05) is 5.32 Å². The number of imidazole rings is 1. The van der Waals surface area contributed by atoms with E-state index in [0.717, 1.165) is 29.7 Å². The van der Waals surface area contributed by atoms with Gasteiger partial charge in [-0.3, -0.25) is 4.98 Å². The number of aromatic hydroxyl groups is 1. The third-order valence-electron chi connectivity index (χ3n) is 5.92. The fraction of sp³-hybridized carbons (Fsp3) is 0.375. The molecule has 3 aromatic heterocycles. The maximum absolute atomic E-state index is 10.7. The zero-order chi connectivity index (χ0) is 23.2. The minimum atomic E-state index is 0.0255. The molecule has 0 spiro atoms. The minimum Gasteiger partial charge on any atom is -0.507 e. The molecule has 0 atom stereocenters. The van der Waals surface area contributed by atoms with Crippen LogP contribution >= 0.6 is 0 Å². The van der Waals surface area contributed by atoms with E-state index < -0.39 is 0 Å². The summed E-state index contributed by atoms with van der Waals surface area (Å²) in [6.45, 7) is 8.83. The molecular formula is C24H28N8O. The summed E-state index contributed by atoms with van der Waals surface area (Å²) >= 11 is 0. The first-order valence-electron chi connectivity index (χ1n) is 11.1. The van der Waals surface area contributed by atoms with Crippen molar-refractivity contribution in [3.05, 3.63) is 49.2 Å². The topological polar surface area (TPSA) is 113 Å². The van der Waals surface area contributed by atoms with Crippen LogP contribution in [-0.2, 0) is 0 Å². The molecule has 9 nitrogen and oxygen atoms in total. The summed E-state index contributed by atoms with van der Waals surface area (Å²) in [5.41, 5.74) is 3.43. The number of anilines is 1. The maximum Gasteiger partial charge on any atom is 0.242 e. The Bertz CT molecular complexity index is 1250. The lowest BCUT2D eigenvalue weighted by Gasteiger charge is -2.46. The zero-order valence-electron chi connectivity index (χ0n) is 19.2. The smallest absolute Gasteiger partial charge is 0.242 e. The number of rotatable bonds is 4. The molecule has 33 heavy (non-hydrogen) atoms. The summed E-state index contributed by atoms with van der Waals surface area (Å²) in [6, 6.07) is 5.63. The van der Waals surface area contributed by atoms with Gasteiger partial charge in [0.15, 0.2) is 5.65 Å². The Balaban J connectivity index is 1.34. The summed E-state index contributed by atoms with van der Waals surface area (Å²) in [5.74, 6) is 0.591. The lowest BCUT2D eigenvalue weighted by molar-refractivity contribution is 0.170. The van der Waals surface area contributed by atoms with Crippen molar-refractivity contribution in [3.63, 3.8) is 0 Å². The molecule has 0 unspecified atom stereocenters. The first-order valence-corrected chi connectivity index (χ1v) is 11.1. The fourth-order valence-corrected chi connectivity index (χ4v) is 4.96. The summed E-state index contributed by atoms with van der Waals surface area (Å²) < 4.78 is 1.89. The van der Waals surface area contributed by atoms with E-state index >= 15 is 0 Å². The zero-order valence-corrected chi connectivity index (χ0v) is 19.2. The van der Waals surface area contributed by atoms with Crippen LogP contribution in [0.25, 0.3) is 28.2 Å². The van der Waals surface area contributed by atoms with Crippen molar-refractivity contribution in [1.82, 2.24) is 34.9 Å². The van der Waals surface area contributed by atoms with Gasteiger partial charge in [-0.2, -0.15) is 0 Å². The molecule has 3 N–H and O–H groups in total. The average Bonchev–Trinajstić information content (AvgIpc) is 3.16. The van der Waals surface area contributed by atoms with E-state index in [1.807, 2.05) is 28.9 Å². The van der Waals surface area contributed by atoms with Crippen molar-refractivity contribution < 1.29 is 5.11 Å². The van der Waals surface area contributed by atoms with Crippen molar-refractivity contribution in [2.24, 2.45) is 0 Å². The molecule has 1 aliphatic rings. The molecule has 0 radical (unpaired) electrons. The molecule has 0 aliphatic carbocycles. The second-order valence-corrected chi connectivity index (χ2v) is 10.0. The monoisotopic (exact) mass is 444 g/mol. The maximum atomic E-state index is 10.7. The Kier molecular flexibility index (Phi) is 5.01. The van der Waals surface area contributed by atoms with Crippen LogP contribution in [-0.4, -0.2) is 51.8 Å². The van der Waals surface area contributed by atoms with Gasteiger partial charge in [-0.15, -0.1) is 10.2 Å². The van der Waals surface area contributed by atoms with Crippen LogP contribution < -0.4 is 10.6 Å². The van der Waals surface area contributed by atoms with E-state index in [1.165, 1.54) is 0 Å². The lowest BCUT2D eigenvalue weighted by Crippen LogP contribution is -2.60. The highest BCUT2D eigenvalue weighted by Gasteiger charge is 2.37. The van der Waals surface area contributed by atoms with E-state index in [2.05, 4.69) is 63.5 Å². The number of benzene rings is 1. The van der Waals surface area contributed by atoms with E-state index in [-0.39, 0.29) is 22.9 Å². The second-order valence-electron chi connectivity index (χ2n) is 10.0. The summed E-state index contributed by atoms with van der Waals surface area (Å²) in [4.78, 5) is 13.1. The number of hydrogen-bond donors (Lipinski definition) is 3. The summed E-state index contributed by atoms with van der Waals surface area (Å²) in [6.07, 6.45) is 10.7. The highest BCUT2D eigenvalue weighted by Crippen LogP contribution is 2.33. The standard InChI is InChI=1S/C24H28N8O/c1-23(2)10-16(11-24(3,4)31-23)27-22-26-12-18(29-30-22)17-6-5-15(9-20(17)33)19-14-32-8-7-25-13-21(32)28-19/h5-9,12-14,16,31,33H,10-11H2,1-4H3,(H,26,27,30). The van der Waals surface area contributed by atoms with Gasteiger partial charge in [-0.25, -0.2) is 9.97 Å². The Morgan fingerprint density at radius 2 is 1.85 bits per heavy atom. The van der Waals surface area contributed by atoms with Crippen molar-refractivity contribution in [1.29, 1.82) is 0 Å². The Morgan fingerprint density at radius 1 is 1.06 bits per heavy atom. The normalized spacial score (nSPS) is 17.8. The summed E-state index contributed by atoms with van der Waals surface area (Å²) in [7, 11) is 0. The van der Waals surface area contributed by atoms with Gasteiger partial charge in [0.05, 0.1) is 18.1 Å². The van der Waals surface area contributed by atoms with Crippen LogP contribution in [0.2, 0.25) is 0 Å². The van der Waals surface area contributed by atoms with Crippen LogP contribution in [0, 0.1) is 0 Å². The number of aromatic nitrogens is 6. The third-order valence-corrected chi connectivity index (χ3v) is 5.92. The predicted molar refractivity (Wildman–Crippen MR) is 127 cm³/mol. The van der Waals surface area contributed by atoms with Crippen LogP contribution in [0.15, 0.2) is 49.2 Å². The average molecular weight is 445 g/mol. The summed E-state index contributed by atoms with van der Waals surface area (Å²) in [5, 5.41) is 26.3. The minimum absolute atomic E-state index is 0.0255. The Labute approximate surface area is 192 Å². The predicted octanol–water partition coefficient (Wildman–Crippen LogP) is 3.68. The van der Waals surface area contributed by atoms with Gasteiger partial charge in [-0.05, 0) is 52.7 Å². The Hall–Kier alpha value is -3.59. The van der Waals surface area contributed by atoms with Gasteiger partial charge in [0, 0.05) is 46.8 Å². The second kappa shape index (κ2) is 7.77. The molecule has 4 aromatic rings. The molecule has 0 saturated carbocycles. The highest BCUT2D eigenvalue weighted by atomic mass is 16.3. The number of piperidine rings is 1.